The Morgan fingerprint density at radius 3 is 2.83 bits per heavy atom. The molecular formula is C17H21NO4S2. The first-order valence-corrected chi connectivity index (χ1v) is 10.5. The monoisotopic (exact) mass is 367 g/mol. The van der Waals surface area contributed by atoms with Crippen LogP contribution < -0.4 is 0 Å². The molecule has 1 atom stereocenters. The summed E-state index contributed by atoms with van der Waals surface area (Å²) in [5, 5.41) is 1.05. The fraction of sp³-hybridized carbons (Fsp3) is 0.471. The Labute approximate surface area is 146 Å². The van der Waals surface area contributed by atoms with Crippen LogP contribution in [0.3, 0.4) is 0 Å². The molecule has 0 bridgehead atoms. The first-order chi connectivity index (χ1) is 11.4. The van der Waals surface area contributed by atoms with Gasteiger partial charge in [0.2, 0.25) is 0 Å². The number of methoxy groups -OCH3 is 1. The van der Waals surface area contributed by atoms with E-state index in [-0.39, 0.29) is 23.5 Å². The predicted octanol–water partition coefficient (Wildman–Crippen LogP) is 2.49. The number of rotatable bonds is 5. The molecule has 0 radical (unpaired) electrons. The van der Waals surface area contributed by atoms with Crippen LogP contribution in [0.2, 0.25) is 0 Å². The number of aryl methyl sites for hydroxylation is 1. The van der Waals surface area contributed by atoms with Crippen molar-refractivity contribution >= 4 is 37.2 Å². The number of carbonyl (C=O) groups excluding carboxylic acids is 1. The molecule has 24 heavy (non-hydrogen) atoms. The van der Waals surface area contributed by atoms with Crippen LogP contribution in [-0.2, 0) is 14.6 Å². The summed E-state index contributed by atoms with van der Waals surface area (Å²) in [6.45, 7) is 2.82. The molecule has 1 amide bonds. The number of thiophene rings is 1. The average molecular weight is 367 g/mol. The second kappa shape index (κ2) is 6.82. The van der Waals surface area contributed by atoms with Gasteiger partial charge in [0.1, 0.15) is 0 Å². The van der Waals surface area contributed by atoms with Gasteiger partial charge in [-0.15, -0.1) is 11.3 Å². The predicted molar refractivity (Wildman–Crippen MR) is 96.5 cm³/mol. The van der Waals surface area contributed by atoms with Gasteiger partial charge >= 0.3 is 0 Å². The molecule has 0 N–H and O–H groups in total. The molecule has 1 unspecified atom stereocenters. The van der Waals surface area contributed by atoms with Crippen LogP contribution in [0.5, 0.6) is 0 Å². The van der Waals surface area contributed by atoms with E-state index in [0.29, 0.717) is 24.4 Å². The van der Waals surface area contributed by atoms with E-state index >= 15 is 0 Å². The van der Waals surface area contributed by atoms with Crippen LogP contribution in [0.25, 0.3) is 10.1 Å². The number of fused-ring (bicyclic) bond motifs is 1. The molecule has 1 aromatic heterocycles. The van der Waals surface area contributed by atoms with Gasteiger partial charge in [-0.25, -0.2) is 8.42 Å². The number of hydrogen-bond acceptors (Lipinski definition) is 5. The lowest BCUT2D eigenvalue weighted by Crippen LogP contribution is -2.42. The summed E-state index contributed by atoms with van der Waals surface area (Å²) in [7, 11) is -1.46. The molecule has 130 valence electrons. The molecule has 1 aliphatic heterocycles. The maximum atomic E-state index is 13.0. The molecule has 7 heteroatoms. The lowest BCUT2D eigenvalue weighted by Gasteiger charge is -2.27. The molecule has 5 nitrogen and oxygen atoms in total. The van der Waals surface area contributed by atoms with Gasteiger partial charge in [0.15, 0.2) is 9.84 Å². The first-order valence-electron chi connectivity index (χ1n) is 7.90. The van der Waals surface area contributed by atoms with Crippen molar-refractivity contribution in [1.82, 2.24) is 4.90 Å². The minimum Gasteiger partial charge on any atom is -0.383 e. The zero-order valence-electron chi connectivity index (χ0n) is 13.8. The maximum absolute atomic E-state index is 13.0. The summed E-state index contributed by atoms with van der Waals surface area (Å²) < 4.78 is 29.7. The summed E-state index contributed by atoms with van der Waals surface area (Å²) in [6, 6.07) is 7.75. The molecule has 2 aromatic rings. The number of benzene rings is 1. The van der Waals surface area contributed by atoms with E-state index in [0.717, 1.165) is 15.6 Å². The van der Waals surface area contributed by atoms with E-state index in [1.54, 1.807) is 12.0 Å². The normalized spacial score (nSPS) is 19.7. The standard InChI is InChI=1S/C17H21NO4S2/c1-12-3-4-15-13(9-12)10-16(23-15)17(19)18(6-7-22-2)14-5-8-24(20,21)11-14/h3-4,9-10,14H,5-8,11H2,1-2H3. The summed E-state index contributed by atoms with van der Waals surface area (Å²) in [4.78, 5) is 15.3. The third-order valence-electron chi connectivity index (χ3n) is 4.33. The van der Waals surface area contributed by atoms with Crippen molar-refractivity contribution in [2.24, 2.45) is 0 Å². The Morgan fingerprint density at radius 1 is 1.38 bits per heavy atom. The lowest BCUT2D eigenvalue weighted by atomic mass is 10.1. The van der Waals surface area contributed by atoms with Gasteiger partial charge in [-0.05, 0) is 30.9 Å². The van der Waals surface area contributed by atoms with E-state index in [9.17, 15) is 13.2 Å². The number of hydrogen-bond donors (Lipinski definition) is 0. The highest BCUT2D eigenvalue weighted by molar-refractivity contribution is 7.91. The van der Waals surface area contributed by atoms with Crippen LogP contribution >= 0.6 is 11.3 Å². The van der Waals surface area contributed by atoms with Crippen molar-refractivity contribution < 1.29 is 17.9 Å². The molecule has 1 aromatic carbocycles. The Hall–Kier alpha value is -1.44. The third-order valence-corrected chi connectivity index (χ3v) is 7.18. The van der Waals surface area contributed by atoms with E-state index in [2.05, 4.69) is 6.07 Å². The summed E-state index contributed by atoms with van der Waals surface area (Å²) in [5.74, 6) is 0.0972. The van der Waals surface area contributed by atoms with Gasteiger partial charge in [0, 0.05) is 24.4 Å². The van der Waals surface area contributed by atoms with E-state index in [1.165, 1.54) is 11.3 Å². The van der Waals surface area contributed by atoms with Gasteiger partial charge in [0.05, 0.1) is 23.0 Å². The van der Waals surface area contributed by atoms with Crippen LogP contribution in [0.15, 0.2) is 24.3 Å². The van der Waals surface area contributed by atoms with Gasteiger partial charge in [-0.1, -0.05) is 17.7 Å². The Kier molecular flexibility index (Phi) is 4.94. The second-order valence-electron chi connectivity index (χ2n) is 6.20. The SMILES string of the molecule is COCCN(C(=O)c1cc2cc(C)ccc2s1)C1CCS(=O)(=O)C1. The van der Waals surface area contributed by atoms with Gasteiger partial charge < -0.3 is 9.64 Å². The fourth-order valence-electron chi connectivity index (χ4n) is 3.07. The smallest absolute Gasteiger partial charge is 0.264 e. The largest absolute Gasteiger partial charge is 0.383 e. The fourth-order valence-corrected chi connectivity index (χ4v) is 5.80. The van der Waals surface area contributed by atoms with Crippen molar-refractivity contribution in [2.45, 2.75) is 19.4 Å². The van der Waals surface area contributed by atoms with Gasteiger partial charge in [-0.3, -0.25) is 4.79 Å². The third kappa shape index (κ3) is 3.63. The number of nitrogens with zero attached hydrogens (tertiary/aromatic N) is 1. The molecule has 3 rings (SSSR count). The summed E-state index contributed by atoms with van der Waals surface area (Å²) in [6.07, 6.45) is 0.502. The maximum Gasteiger partial charge on any atom is 0.264 e. The number of ether oxygens (including phenoxy) is 1. The van der Waals surface area contributed by atoms with E-state index in [4.69, 9.17) is 4.74 Å². The summed E-state index contributed by atoms with van der Waals surface area (Å²) in [5.41, 5.74) is 1.15. The molecule has 1 saturated heterocycles. The first kappa shape index (κ1) is 17.4. The van der Waals surface area contributed by atoms with Crippen LogP contribution in [0.1, 0.15) is 21.7 Å². The van der Waals surface area contributed by atoms with Crippen molar-refractivity contribution in [2.75, 3.05) is 31.8 Å². The van der Waals surface area contributed by atoms with Crippen LogP contribution in [-0.4, -0.2) is 57.0 Å². The van der Waals surface area contributed by atoms with Crippen LogP contribution in [0.4, 0.5) is 0 Å². The Bertz CT molecular complexity index is 857. The highest BCUT2D eigenvalue weighted by atomic mass is 32.2. The van der Waals surface area contributed by atoms with Crippen LogP contribution in [0, 0.1) is 6.92 Å². The van der Waals surface area contributed by atoms with Crippen molar-refractivity contribution in [1.29, 1.82) is 0 Å². The molecule has 2 heterocycles. The molecular weight excluding hydrogens is 346 g/mol. The number of amides is 1. The minimum atomic E-state index is -3.04. The molecule has 0 saturated carbocycles. The summed E-state index contributed by atoms with van der Waals surface area (Å²) >= 11 is 1.45. The second-order valence-corrected chi connectivity index (χ2v) is 9.51. The number of sulfone groups is 1. The van der Waals surface area contributed by atoms with Gasteiger partial charge in [-0.2, -0.15) is 0 Å². The topological polar surface area (TPSA) is 63.7 Å². The Morgan fingerprint density at radius 2 is 2.17 bits per heavy atom. The van der Waals surface area contributed by atoms with Crippen molar-refractivity contribution in [3.05, 3.63) is 34.7 Å². The molecule has 1 aliphatic rings. The Balaban J connectivity index is 1.89. The zero-order valence-corrected chi connectivity index (χ0v) is 15.5. The molecule has 1 fully saturated rings. The molecule has 0 spiro atoms. The zero-order chi connectivity index (χ0) is 17.3. The quantitative estimate of drug-likeness (QED) is 0.814. The molecule has 0 aliphatic carbocycles. The number of carbonyl (C=O) groups is 1. The van der Waals surface area contributed by atoms with E-state index in [1.807, 2.05) is 25.1 Å². The highest BCUT2D eigenvalue weighted by Gasteiger charge is 2.35. The lowest BCUT2D eigenvalue weighted by molar-refractivity contribution is 0.0629. The van der Waals surface area contributed by atoms with Crippen molar-refractivity contribution in [3.63, 3.8) is 0 Å². The van der Waals surface area contributed by atoms with E-state index < -0.39 is 9.84 Å². The highest BCUT2D eigenvalue weighted by Crippen LogP contribution is 2.29. The minimum absolute atomic E-state index is 0.0481. The van der Waals surface area contributed by atoms with Gasteiger partial charge in [0.25, 0.3) is 5.91 Å². The van der Waals surface area contributed by atoms with Crippen molar-refractivity contribution in [3.8, 4) is 0 Å². The average Bonchev–Trinajstić information content (AvgIpc) is 3.10.